The number of carbonyl (C=O) groups excluding carboxylic acids is 3. The number of amides is 3. The summed E-state index contributed by atoms with van der Waals surface area (Å²) >= 11 is 0. The topological polar surface area (TPSA) is 265 Å². The highest BCUT2D eigenvalue weighted by atomic mass is 19.4. The smallest absolute Gasteiger partial charge is 0.416 e. The second-order valence-electron chi connectivity index (χ2n) is 18.6. The van der Waals surface area contributed by atoms with Crippen LogP contribution in [0.25, 0.3) is 11.3 Å². The molecular weight excluding hydrogens is 1010 g/mol. The number of nitrogens with zero attached hydrogens (tertiary/aromatic N) is 8. The number of nitriles is 1. The fourth-order valence-electron chi connectivity index (χ4n) is 9.14. The molecule has 0 atom stereocenters. The minimum Gasteiger partial charge on any atom is -0.493 e. The maximum atomic E-state index is 16.1. The van der Waals surface area contributed by atoms with Crippen LogP contribution in [0.2, 0.25) is 0 Å². The molecule has 6 N–H and O–H groups in total. The second-order valence-corrected chi connectivity index (χ2v) is 18.6. The molecule has 3 amide bonds. The van der Waals surface area contributed by atoms with Crippen LogP contribution in [-0.2, 0) is 40.4 Å². The number of pyridine rings is 1. The number of piperidine rings is 1. The van der Waals surface area contributed by atoms with Crippen LogP contribution < -0.4 is 25.6 Å². The fourth-order valence-corrected chi connectivity index (χ4v) is 9.14. The van der Waals surface area contributed by atoms with Gasteiger partial charge in [-0.1, -0.05) is 19.1 Å². The molecule has 25 heteroatoms. The van der Waals surface area contributed by atoms with E-state index in [1.54, 1.807) is 43.1 Å². The van der Waals surface area contributed by atoms with E-state index in [0.29, 0.717) is 94.6 Å². The maximum Gasteiger partial charge on any atom is 0.416 e. The number of hydrogen-bond donors (Lipinski definition) is 6. The van der Waals surface area contributed by atoms with Gasteiger partial charge >= 0.3 is 18.1 Å². The molecule has 0 unspecified atom stereocenters. The number of carbonyl (C=O) groups is 6. The second kappa shape index (κ2) is 31.3. The molecule has 2 fully saturated rings. The number of carboxylic acid groups (broad SMARTS) is 3. The third kappa shape index (κ3) is 19.8. The van der Waals surface area contributed by atoms with Gasteiger partial charge in [0.2, 0.25) is 17.7 Å². The first-order chi connectivity index (χ1) is 36.8. The van der Waals surface area contributed by atoms with E-state index < -0.39 is 40.8 Å². The summed E-state index contributed by atoms with van der Waals surface area (Å²) < 4.78 is 62.3. The van der Waals surface area contributed by atoms with Gasteiger partial charge in [-0.25, -0.2) is 4.39 Å². The Morgan fingerprint density at radius 2 is 1.34 bits per heavy atom. The van der Waals surface area contributed by atoms with E-state index in [2.05, 4.69) is 25.8 Å². The average molecular weight is 1090 g/mol. The van der Waals surface area contributed by atoms with Crippen molar-refractivity contribution in [2.75, 3.05) is 143 Å². The van der Waals surface area contributed by atoms with E-state index >= 15 is 4.39 Å². The zero-order valence-electron chi connectivity index (χ0n) is 43.8. The molecule has 0 bridgehead atoms. The quantitative estimate of drug-likeness (QED) is 0.0624. The highest BCUT2D eigenvalue weighted by molar-refractivity contribution is 5.89. The Kier molecular flexibility index (Phi) is 25.4. The van der Waals surface area contributed by atoms with Crippen LogP contribution in [0.15, 0.2) is 54.7 Å². The van der Waals surface area contributed by atoms with Gasteiger partial charge in [0.25, 0.3) is 6.47 Å². The molecule has 3 heterocycles. The normalized spacial score (nSPS) is 16.1. The summed E-state index contributed by atoms with van der Waals surface area (Å²) in [4.78, 5) is 87.5. The van der Waals surface area contributed by atoms with E-state index in [1.807, 2.05) is 32.6 Å². The molecule has 2 aromatic carbocycles. The third-order valence-electron chi connectivity index (χ3n) is 13.4. The summed E-state index contributed by atoms with van der Waals surface area (Å²) in [6.45, 7) is 9.67. The number of carboxylic acids is 2. The molecule has 1 aromatic heterocycles. The van der Waals surface area contributed by atoms with E-state index in [4.69, 9.17) is 14.6 Å². The highest BCUT2D eigenvalue weighted by Crippen LogP contribution is 2.41. The number of alkyl halides is 3. The van der Waals surface area contributed by atoms with Gasteiger partial charge < -0.3 is 50.7 Å². The number of halogens is 4. The first-order valence-corrected chi connectivity index (χ1v) is 25.4. The Labute approximate surface area is 445 Å². The minimum absolute atomic E-state index is 0.00385. The Morgan fingerprint density at radius 1 is 0.792 bits per heavy atom. The molecule has 0 aliphatic carbocycles. The summed E-state index contributed by atoms with van der Waals surface area (Å²) in [6.07, 6.45) is -2.92. The molecule has 3 aromatic rings. The molecule has 5 rings (SSSR count). The van der Waals surface area contributed by atoms with Gasteiger partial charge in [-0.2, -0.15) is 18.4 Å². The van der Waals surface area contributed by atoms with Crippen LogP contribution in [0, 0.1) is 17.1 Å². The lowest BCUT2D eigenvalue weighted by atomic mass is 9.72. The van der Waals surface area contributed by atoms with Gasteiger partial charge in [0.05, 0.1) is 48.5 Å². The van der Waals surface area contributed by atoms with Crippen molar-refractivity contribution in [2.45, 2.75) is 44.7 Å². The van der Waals surface area contributed by atoms with Crippen molar-refractivity contribution in [2.24, 2.45) is 0 Å². The lowest BCUT2D eigenvalue weighted by molar-refractivity contribution is -0.139. The number of aliphatic carboxylic acids is 2. The number of anilines is 1. The van der Waals surface area contributed by atoms with Crippen LogP contribution in [0.1, 0.15) is 49.8 Å². The van der Waals surface area contributed by atoms with Gasteiger partial charge in [0.15, 0.2) is 0 Å². The first-order valence-electron chi connectivity index (χ1n) is 25.4. The van der Waals surface area contributed by atoms with E-state index in [-0.39, 0.29) is 101 Å². The number of hydrogen-bond acceptors (Lipinski definition) is 15. The molecule has 2 aliphatic rings. The lowest BCUT2D eigenvalue weighted by Gasteiger charge is -2.42. The fraction of sp³-hybridized carbons (Fsp3) is 0.538. The van der Waals surface area contributed by atoms with Gasteiger partial charge in [0.1, 0.15) is 23.3 Å². The number of rotatable bonds is 22. The lowest BCUT2D eigenvalue weighted by Crippen LogP contribution is -2.53. The number of aromatic nitrogens is 1. The van der Waals surface area contributed by atoms with E-state index in [0.717, 1.165) is 18.7 Å². The average Bonchev–Trinajstić information content (AvgIpc) is 3.38. The molecule has 0 radical (unpaired) electrons. The predicted octanol–water partition coefficient (Wildman–Crippen LogP) is 2.50. The molecule has 21 nitrogen and oxygen atoms in total. The van der Waals surface area contributed by atoms with Crippen LogP contribution in [0.3, 0.4) is 0 Å². The predicted molar refractivity (Wildman–Crippen MR) is 277 cm³/mol. The van der Waals surface area contributed by atoms with Crippen LogP contribution >= 0.6 is 0 Å². The van der Waals surface area contributed by atoms with Gasteiger partial charge in [-0.05, 0) is 75.3 Å². The van der Waals surface area contributed by atoms with Crippen molar-refractivity contribution in [3.63, 3.8) is 0 Å². The van der Waals surface area contributed by atoms with Crippen molar-refractivity contribution in [1.29, 1.82) is 5.26 Å². The van der Waals surface area contributed by atoms with E-state index in [1.165, 1.54) is 18.3 Å². The molecule has 77 heavy (non-hydrogen) atoms. The molecule has 0 spiro atoms. The monoisotopic (exact) mass is 1090 g/mol. The van der Waals surface area contributed by atoms with Crippen LogP contribution in [0.4, 0.5) is 23.2 Å². The summed E-state index contributed by atoms with van der Waals surface area (Å²) in [7, 11) is 1.81. The Hall–Kier alpha value is -6.98. The van der Waals surface area contributed by atoms with Gasteiger partial charge in [-0.3, -0.25) is 48.5 Å². The van der Waals surface area contributed by atoms with Crippen molar-refractivity contribution in [3.8, 4) is 23.1 Å². The number of likely N-dealkylation sites (N-methyl/N-ethyl adjacent to an activating group) is 2. The first kappa shape index (κ1) is 62.6. The summed E-state index contributed by atoms with van der Waals surface area (Å²) in [5, 5.41) is 44.3. The Bertz CT molecular complexity index is 2440. The molecule has 0 saturated carbocycles. The standard InChI is InChI=1S/C51H69F4N11O8.CH2O2/c1-4-62-22-24-64(35-46(69)70)28-26-63(27-29-65(25-23-62)36-47(71)72)34-45(68)57-15-12-44(67)58-16-20-61(3)21-17-59-49(73)50(39-31-41(52)48(60-33-39)40-8-6-7-9-43(40)74-5-2)13-18-66(19-14-50)42-11-10-38(51(53,54)55)30-37(42)32-56;2-1-3/h6-11,30-31,33H,4-5,12-29,34-36H2,1-3H3,(H,57,68)(H,58,67)(H,59,73)(H,69,70)(H,71,72);1H,(H,2,3). The zero-order chi connectivity index (χ0) is 56.5. The van der Waals surface area contributed by atoms with Crippen LogP contribution in [-0.4, -0.2) is 219 Å². The molecule has 422 valence electrons. The minimum atomic E-state index is -4.64. The highest BCUT2D eigenvalue weighted by Gasteiger charge is 2.44. The number of para-hydroxylation sites is 1. The van der Waals surface area contributed by atoms with Gasteiger partial charge in [-0.15, -0.1) is 0 Å². The molecular formula is C52H71F4N11O10. The summed E-state index contributed by atoms with van der Waals surface area (Å²) in [5.41, 5.74) is -1.33. The number of benzene rings is 2. The van der Waals surface area contributed by atoms with Crippen molar-refractivity contribution in [3.05, 3.63) is 77.2 Å². The summed E-state index contributed by atoms with van der Waals surface area (Å²) in [6, 6.07) is 13.0. The van der Waals surface area contributed by atoms with Crippen molar-refractivity contribution >= 4 is 41.8 Å². The van der Waals surface area contributed by atoms with Crippen molar-refractivity contribution in [1.82, 2.24) is 45.4 Å². The zero-order valence-corrected chi connectivity index (χ0v) is 43.8. The largest absolute Gasteiger partial charge is 0.493 e. The maximum absolute atomic E-state index is 16.1. The Morgan fingerprint density at radius 3 is 1.87 bits per heavy atom. The van der Waals surface area contributed by atoms with Crippen LogP contribution in [0.5, 0.6) is 5.75 Å². The SMILES string of the molecule is CCOc1ccccc1-c1ncc(C2(C(=O)NCCN(C)CCNC(=O)CCNC(=O)CN3CCN(CC(=O)O)CCN(CC)CCN(CC(=O)O)CC3)CCN(c3ccc(C(F)(F)F)cc3C#N)CC2)cc1F.O=CO. The number of ether oxygens (including phenoxy) is 1. The van der Waals surface area contributed by atoms with Crippen molar-refractivity contribution < 1.29 is 66.4 Å². The van der Waals surface area contributed by atoms with Gasteiger partial charge in [0, 0.05) is 116 Å². The Balaban J connectivity index is 0.00000416. The molecule has 2 aliphatic heterocycles. The third-order valence-corrected chi connectivity index (χ3v) is 13.4. The summed E-state index contributed by atoms with van der Waals surface area (Å²) in [5.74, 6) is -3.18. The van der Waals surface area contributed by atoms with E-state index in [9.17, 15) is 52.6 Å². The number of nitrogens with one attached hydrogen (secondary N) is 3. The molecule has 2 saturated heterocycles.